The van der Waals surface area contributed by atoms with Gasteiger partial charge in [0, 0.05) is 141 Å². The predicted octanol–water partition coefficient (Wildman–Crippen LogP) is 8.21. The van der Waals surface area contributed by atoms with E-state index in [1.165, 1.54) is 12.3 Å². The van der Waals surface area contributed by atoms with Crippen LogP contribution in [0.5, 0.6) is 0 Å². The fraction of sp³-hybridized carbons (Fsp3) is 0.254. The number of hydrogen-bond donors (Lipinski definition) is 3. The van der Waals surface area contributed by atoms with Crippen LogP contribution in [0.3, 0.4) is 0 Å². The van der Waals surface area contributed by atoms with Gasteiger partial charge in [-0.2, -0.15) is 30.9 Å². The fourth-order valence-electron chi connectivity index (χ4n) is 11.5. The van der Waals surface area contributed by atoms with Crippen LogP contribution < -0.4 is 20.9 Å². The van der Waals surface area contributed by atoms with Gasteiger partial charge in [-0.3, -0.25) is 14.2 Å². The minimum absolute atomic E-state index is 0. The highest BCUT2D eigenvalue weighted by Gasteiger charge is 2.56. The van der Waals surface area contributed by atoms with E-state index < -0.39 is 5.97 Å². The SMILES string of the molecule is C.Cn1cc(-c2cc(-c3ccc(N4C[C@@H]5C(CN)[C@@H]5C4)nc3)c3c(C#N)cnn3c2)cn1.Cn1cc(-c2cc(-c3ccc(N4C[C@@H]5C(CNC(=O)c6ncccc6Cl)[C@@H]5C4)nc3)c3c(C#N)cnn3c2)cn1.O=C(O)c1ncccc1Cl. The number of piperidine rings is 2. The molecular weight excluding hydrogens is 1080 g/mol. The van der Waals surface area contributed by atoms with Gasteiger partial charge in [0.15, 0.2) is 5.69 Å². The van der Waals surface area contributed by atoms with Crippen LogP contribution in [0, 0.1) is 58.2 Å². The largest absolute Gasteiger partial charge is 0.476 e. The third kappa shape index (κ3) is 10.6. The minimum atomic E-state index is -1.11. The molecule has 12 heterocycles. The van der Waals surface area contributed by atoms with Gasteiger partial charge in [-0.1, -0.05) is 30.6 Å². The molecule has 21 nitrogen and oxygen atoms in total. The van der Waals surface area contributed by atoms with E-state index >= 15 is 0 Å². The summed E-state index contributed by atoms with van der Waals surface area (Å²) in [5.74, 6) is 4.26. The number of aromatic carboxylic acids is 1. The Hall–Kier alpha value is -9.54. The number of carbonyl (C=O) groups is 2. The maximum absolute atomic E-state index is 12.5. The summed E-state index contributed by atoms with van der Waals surface area (Å²) in [4.78, 5) is 44.6. The van der Waals surface area contributed by atoms with Gasteiger partial charge in [0.05, 0.1) is 57.0 Å². The molecule has 4 N–H and O–H groups in total. The van der Waals surface area contributed by atoms with Crippen LogP contribution in [0.15, 0.2) is 135 Å². The van der Waals surface area contributed by atoms with E-state index in [4.69, 9.17) is 44.0 Å². The van der Waals surface area contributed by atoms with Gasteiger partial charge in [0.2, 0.25) is 0 Å². The third-order valence-electron chi connectivity index (χ3n) is 15.8. The van der Waals surface area contributed by atoms with Gasteiger partial charge in [-0.15, -0.1) is 0 Å². The molecule has 0 aromatic carbocycles. The number of pyridine rings is 6. The number of carbonyl (C=O) groups excluding carboxylic acids is 1. The zero-order valence-corrected chi connectivity index (χ0v) is 45.2. The number of nitrogens with one attached hydrogen (secondary N) is 1. The molecule has 0 radical (unpaired) electrons. The van der Waals surface area contributed by atoms with Crippen molar-refractivity contribution >= 4 is 57.7 Å². The first-order valence-corrected chi connectivity index (χ1v) is 26.8. The molecule has 23 heteroatoms. The molecule has 2 unspecified atom stereocenters. The van der Waals surface area contributed by atoms with Gasteiger partial charge in [-0.05, 0) is 103 Å². The smallest absolute Gasteiger partial charge is 0.356 e. The van der Waals surface area contributed by atoms with E-state index in [2.05, 4.69) is 87.9 Å². The second kappa shape index (κ2) is 22.5. The molecule has 4 aliphatic rings. The highest BCUT2D eigenvalue weighted by Crippen LogP contribution is 2.53. The lowest BCUT2D eigenvalue weighted by molar-refractivity contribution is 0.0690. The molecule has 1 amide bonds. The quantitative estimate of drug-likeness (QED) is 0.110. The van der Waals surface area contributed by atoms with Crippen molar-refractivity contribution in [3.8, 4) is 56.6 Å². The number of nitrogens with two attached hydrogens (primary N) is 1. The number of hydrogen-bond acceptors (Lipinski definition) is 15. The third-order valence-corrected chi connectivity index (χ3v) is 16.4. The summed E-state index contributed by atoms with van der Waals surface area (Å²) in [6.07, 6.45) is 21.3. The lowest BCUT2D eigenvalue weighted by Crippen LogP contribution is -2.31. The van der Waals surface area contributed by atoms with Crippen LogP contribution in [0.4, 0.5) is 11.6 Å². The number of halogens is 2. The molecule has 6 atom stereocenters. The number of fused-ring (bicyclic) bond motifs is 4. The van der Waals surface area contributed by atoms with Gasteiger partial charge in [-0.25, -0.2) is 33.8 Å². The van der Waals surface area contributed by atoms with Crippen LogP contribution in [0.25, 0.3) is 55.5 Å². The summed E-state index contributed by atoms with van der Waals surface area (Å²) in [5.41, 5.74) is 16.2. The van der Waals surface area contributed by atoms with Gasteiger partial charge < -0.3 is 26.0 Å². The lowest BCUT2D eigenvalue weighted by Gasteiger charge is -2.21. The van der Waals surface area contributed by atoms with E-state index in [1.54, 1.807) is 55.2 Å². The Bertz CT molecular complexity index is 4100. The molecule has 0 bridgehead atoms. The van der Waals surface area contributed by atoms with Crippen LogP contribution in [-0.4, -0.2) is 115 Å². The Balaban J connectivity index is 0.000000149. The van der Waals surface area contributed by atoms with Crippen molar-refractivity contribution in [2.45, 2.75) is 7.43 Å². The molecule has 82 heavy (non-hydrogen) atoms. The highest BCUT2D eigenvalue weighted by molar-refractivity contribution is 6.33. The summed E-state index contributed by atoms with van der Waals surface area (Å²) >= 11 is 11.6. The minimum Gasteiger partial charge on any atom is -0.476 e. The molecule has 2 saturated heterocycles. The Kier molecular flexibility index (Phi) is 15.0. The van der Waals surface area contributed by atoms with Crippen molar-refractivity contribution in [3.05, 3.63) is 168 Å². The van der Waals surface area contributed by atoms with Crippen molar-refractivity contribution in [2.75, 3.05) is 49.1 Å². The van der Waals surface area contributed by atoms with Crippen LogP contribution in [-0.2, 0) is 14.1 Å². The first-order valence-electron chi connectivity index (χ1n) is 26.0. The molecule has 412 valence electrons. The number of nitrogens with zero attached hydrogens (tertiary/aromatic N) is 16. The van der Waals surface area contributed by atoms with Gasteiger partial charge >= 0.3 is 5.97 Å². The standard InChI is InChI=1S/C29H24ClN9O.C23H22N8.C6H4ClNO2.CH4/c1-37-13-20(11-35-37)18-7-21(28-19(8-31)10-36-39(28)14-18)17-4-5-26(33-9-17)38-15-23-22(24(23)16-38)12-34-29(40)27-25(30)3-2-6-32-27;1-29-10-17(9-27-29)15-4-18(23-16(5-24)8-28-31(23)11-15)14-2-3-22(26-7-14)30-12-20-19(6-25)21(20)13-30;7-4-2-1-3-8-5(4)6(9)10;/h2-7,9-11,13-14,22-24H,12,15-16H2,1H3,(H,34,40);2-4,7-11,19-21H,6,12-13,25H2,1H3;1-3H,(H,9,10);1H4/t22?,23-,24+;19?,20-,21+;;. The number of nitriles is 2. The van der Waals surface area contributed by atoms with Gasteiger partial charge in [0.25, 0.3) is 5.91 Å². The Morgan fingerprint density at radius 2 is 1.07 bits per heavy atom. The van der Waals surface area contributed by atoms with Crippen LogP contribution >= 0.6 is 23.2 Å². The second-order valence-corrected chi connectivity index (χ2v) is 21.4. The first kappa shape index (κ1) is 54.4. The van der Waals surface area contributed by atoms with E-state index in [9.17, 15) is 20.1 Å². The summed E-state index contributed by atoms with van der Waals surface area (Å²) in [5, 5.41) is 48.6. The molecule has 4 fully saturated rings. The topological polar surface area (TPSA) is 268 Å². The normalized spacial score (nSPS) is 18.9. The van der Waals surface area contributed by atoms with Crippen molar-refractivity contribution in [3.63, 3.8) is 0 Å². The van der Waals surface area contributed by atoms with Crippen LogP contribution in [0.2, 0.25) is 10.0 Å². The maximum Gasteiger partial charge on any atom is 0.356 e. The molecule has 2 aliphatic heterocycles. The average Bonchev–Trinajstić information content (AvgIpc) is 4.30. The summed E-state index contributed by atoms with van der Waals surface area (Å²) in [6, 6.07) is 23.4. The van der Waals surface area contributed by atoms with Crippen molar-refractivity contribution < 1.29 is 14.7 Å². The molecule has 2 saturated carbocycles. The highest BCUT2D eigenvalue weighted by atomic mass is 35.5. The molecule has 10 aromatic heterocycles. The summed E-state index contributed by atoms with van der Waals surface area (Å²) < 4.78 is 7.05. The number of rotatable bonds is 11. The Morgan fingerprint density at radius 1 is 0.610 bits per heavy atom. The van der Waals surface area contributed by atoms with Crippen molar-refractivity contribution in [1.82, 2.24) is 64.0 Å². The number of aromatic nitrogens is 12. The summed E-state index contributed by atoms with van der Waals surface area (Å²) in [7, 11) is 3.78. The van der Waals surface area contributed by atoms with E-state index in [1.807, 2.05) is 69.7 Å². The fourth-order valence-corrected chi connectivity index (χ4v) is 11.9. The Labute approximate surface area is 480 Å². The zero-order valence-electron chi connectivity index (χ0n) is 43.7. The second-order valence-electron chi connectivity index (χ2n) is 20.5. The van der Waals surface area contributed by atoms with Crippen molar-refractivity contribution in [2.24, 2.45) is 55.3 Å². The zero-order chi connectivity index (χ0) is 56.1. The maximum atomic E-state index is 12.5. The Morgan fingerprint density at radius 3 is 1.45 bits per heavy atom. The number of amides is 1. The molecular formula is C59H54Cl2N18O3. The van der Waals surface area contributed by atoms with Crippen LogP contribution in [0.1, 0.15) is 39.5 Å². The van der Waals surface area contributed by atoms with Crippen molar-refractivity contribution in [1.29, 1.82) is 10.5 Å². The van der Waals surface area contributed by atoms with E-state index in [-0.39, 0.29) is 29.7 Å². The molecule has 10 aromatic rings. The first-order chi connectivity index (χ1) is 39.4. The molecule has 0 spiro atoms. The number of aryl methyl sites for hydroxylation is 2. The molecule has 14 rings (SSSR count). The predicted molar refractivity (Wildman–Crippen MR) is 310 cm³/mol. The summed E-state index contributed by atoms with van der Waals surface area (Å²) in [6.45, 7) is 5.32. The number of anilines is 2. The molecule has 2 aliphatic carbocycles. The monoisotopic (exact) mass is 1130 g/mol. The average molecular weight is 1130 g/mol. The van der Waals surface area contributed by atoms with E-state index in [0.717, 1.165) is 112 Å². The van der Waals surface area contributed by atoms with Gasteiger partial charge in [0.1, 0.15) is 29.5 Å². The number of carboxylic acid groups (broad SMARTS) is 1. The van der Waals surface area contributed by atoms with E-state index in [0.29, 0.717) is 46.4 Å². The number of carboxylic acids is 1. The lowest BCUT2D eigenvalue weighted by atomic mass is 10.0.